The lowest BCUT2D eigenvalue weighted by molar-refractivity contribution is -0.115. The Morgan fingerprint density at radius 3 is 2.48 bits per heavy atom. The highest BCUT2D eigenvalue weighted by Crippen LogP contribution is 2.19. The topological polar surface area (TPSA) is 99.3 Å². The zero-order valence-corrected chi connectivity index (χ0v) is 15.1. The summed E-state index contributed by atoms with van der Waals surface area (Å²) in [7, 11) is 0. The van der Waals surface area contributed by atoms with Crippen LogP contribution in [0.2, 0.25) is 0 Å². The van der Waals surface area contributed by atoms with Crippen molar-refractivity contribution >= 4 is 34.8 Å². The number of amides is 3. The maximum atomic E-state index is 13.6. The van der Waals surface area contributed by atoms with Gasteiger partial charge in [-0.3, -0.25) is 14.4 Å². The lowest BCUT2D eigenvalue weighted by Gasteiger charge is -2.11. The van der Waals surface area contributed by atoms with Crippen LogP contribution in [0.4, 0.5) is 21.5 Å². The van der Waals surface area contributed by atoms with Gasteiger partial charge >= 0.3 is 0 Å². The van der Waals surface area contributed by atoms with Crippen LogP contribution in [-0.2, 0) is 9.59 Å². The van der Waals surface area contributed by atoms with Crippen molar-refractivity contribution < 1.29 is 18.8 Å². The Morgan fingerprint density at radius 2 is 1.78 bits per heavy atom. The molecular weight excluding hydrogens is 351 g/mol. The summed E-state index contributed by atoms with van der Waals surface area (Å²) in [6, 6.07) is 10.6. The van der Waals surface area contributed by atoms with E-state index < -0.39 is 11.7 Å². The molecule has 2 rings (SSSR count). The van der Waals surface area contributed by atoms with Crippen molar-refractivity contribution in [2.45, 2.75) is 13.8 Å². The Hall–Kier alpha value is -3.42. The van der Waals surface area contributed by atoms with Crippen molar-refractivity contribution in [3.05, 3.63) is 53.8 Å². The molecule has 3 amide bonds. The lowest BCUT2D eigenvalue weighted by Crippen LogP contribution is -2.24. The van der Waals surface area contributed by atoms with E-state index in [1.54, 1.807) is 24.3 Å². The van der Waals surface area contributed by atoms with Gasteiger partial charge in [0.25, 0.3) is 5.91 Å². The zero-order valence-electron chi connectivity index (χ0n) is 15.1. The molecule has 0 spiro atoms. The van der Waals surface area contributed by atoms with Gasteiger partial charge in [0.2, 0.25) is 11.8 Å². The largest absolute Gasteiger partial charge is 0.376 e. The number of hydrogen-bond donors (Lipinski definition) is 4. The third-order valence-electron chi connectivity index (χ3n) is 3.48. The monoisotopic (exact) mass is 372 g/mol. The highest BCUT2D eigenvalue weighted by molar-refractivity contribution is 5.98. The van der Waals surface area contributed by atoms with Gasteiger partial charge in [-0.2, -0.15) is 0 Å². The average Bonchev–Trinajstić information content (AvgIpc) is 2.62. The van der Waals surface area contributed by atoms with Gasteiger partial charge in [-0.05, 0) is 43.3 Å². The minimum Gasteiger partial charge on any atom is -0.376 e. The summed E-state index contributed by atoms with van der Waals surface area (Å²) in [5, 5.41) is 10.6. The first-order valence-electron chi connectivity index (χ1n) is 8.38. The second kappa shape index (κ2) is 9.33. The summed E-state index contributed by atoms with van der Waals surface area (Å²) in [5.41, 5.74) is 1.44. The maximum absolute atomic E-state index is 13.6. The molecular formula is C19H21FN4O3. The van der Waals surface area contributed by atoms with E-state index in [2.05, 4.69) is 21.3 Å². The molecule has 2 aromatic carbocycles. The Morgan fingerprint density at radius 1 is 1.00 bits per heavy atom. The van der Waals surface area contributed by atoms with Gasteiger partial charge < -0.3 is 21.3 Å². The molecule has 8 heteroatoms. The number of halogens is 1. The van der Waals surface area contributed by atoms with E-state index in [1.807, 2.05) is 6.92 Å². The smallest absolute Gasteiger partial charge is 0.251 e. The van der Waals surface area contributed by atoms with E-state index in [0.717, 1.165) is 0 Å². The molecule has 142 valence electrons. The maximum Gasteiger partial charge on any atom is 0.251 e. The highest BCUT2D eigenvalue weighted by atomic mass is 19.1. The third-order valence-corrected chi connectivity index (χ3v) is 3.48. The molecule has 0 saturated heterocycles. The highest BCUT2D eigenvalue weighted by Gasteiger charge is 2.09. The normalized spacial score (nSPS) is 10.0. The van der Waals surface area contributed by atoms with Crippen LogP contribution in [-0.4, -0.2) is 30.8 Å². The quantitative estimate of drug-likeness (QED) is 0.600. The third kappa shape index (κ3) is 6.10. The number of carbonyl (C=O) groups is 3. The molecule has 0 heterocycles. The van der Waals surface area contributed by atoms with Gasteiger partial charge in [-0.25, -0.2) is 4.39 Å². The summed E-state index contributed by atoms with van der Waals surface area (Å²) < 4.78 is 13.6. The molecule has 0 aliphatic heterocycles. The van der Waals surface area contributed by atoms with Gasteiger partial charge in [0, 0.05) is 30.4 Å². The second-order valence-corrected chi connectivity index (χ2v) is 5.72. The number of benzene rings is 2. The number of carbonyl (C=O) groups excluding carboxylic acids is 3. The number of hydrogen-bond acceptors (Lipinski definition) is 4. The van der Waals surface area contributed by atoms with Crippen LogP contribution in [0, 0.1) is 5.82 Å². The van der Waals surface area contributed by atoms with Gasteiger partial charge in [0.05, 0.1) is 12.2 Å². The first kappa shape index (κ1) is 19.9. The van der Waals surface area contributed by atoms with Gasteiger partial charge in [-0.15, -0.1) is 0 Å². The Kier molecular flexibility index (Phi) is 6.87. The summed E-state index contributed by atoms with van der Waals surface area (Å²) in [6.07, 6.45) is 0. The zero-order chi connectivity index (χ0) is 19.8. The number of anilines is 3. The fourth-order valence-electron chi connectivity index (χ4n) is 2.31. The number of rotatable bonds is 7. The molecule has 0 atom stereocenters. The van der Waals surface area contributed by atoms with Crippen LogP contribution >= 0.6 is 0 Å². The fourth-order valence-corrected chi connectivity index (χ4v) is 2.31. The fraction of sp³-hybridized carbons (Fsp3) is 0.211. The van der Waals surface area contributed by atoms with Crippen LogP contribution in [0.3, 0.4) is 0 Å². The first-order chi connectivity index (χ1) is 12.9. The van der Waals surface area contributed by atoms with Crippen LogP contribution in [0.15, 0.2) is 42.5 Å². The molecule has 0 aliphatic carbocycles. The second-order valence-electron chi connectivity index (χ2n) is 5.72. The van der Waals surface area contributed by atoms with E-state index in [9.17, 15) is 18.8 Å². The molecule has 7 nitrogen and oxygen atoms in total. The summed E-state index contributed by atoms with van der Waals surface area (Å²) >= 11 is 0. The van der Waals surface area contributed by atoms with Crippen LogP contribution in [0.25, 0.3) is 0 Å². The van der Waals surface area contributed by atoms with Crippen molar-refractivity contribution in [2.24, 2.45) is 0 Å². The van der Waals surface area contributed by atoms with Crippen molar-refractivity contribution in [2.75, 3.05) is 29.0 Å². The lowest BCUT2D eigenvalue weighted by atomic mass is 10.2. The molecule has 4 N–H and O–H groups in total. The minimum atomic E-state index is -0.567. The Balaban J connectivity index is 1.96. The SMILES string of the molecule is CCNC(=O)c1cccc(NC(=O)CNc2ccc(F)c(NC(C)=O)c2)c1. The molecule has 2 aromatic rings. The van der Waals surface area contributed by atoms with Gasteiger partial charge in [0.1, 0.15) is 5.82 Å². The Labute approximate surface area is 156 Å². The molecule has 0 radical (unpaired) electrons. The van der Waals surface area contributed by atoms with E-state index in [-0.39, 0.29) is 24.0 Å². The van der Waals surface area contributed by atoms with E-state index in [4.69, 9.17) is 0 Å². The predicted molar refractivity (Wildman–Crippen MR) is 102 cm³/mol. The molecule has 27 heavy (non-hydrogen) atoms. The molecule has 0 aromatic heterocycles. The van der Waals surface area contributed by atoms with Gasteiger partial charge in [-0.1, -0.05) is 6.07 Å². The van der Waals surface area contributed by atoms with Crippen molar-refractivity contribution in [3.63, 3.8) is 0 Å². The Bertz CT molecular complexity index is 855. The molecule has 0 bridgehead atoms. The summed E-state index contributed by atoms with van der Waals surface area (Å²) in [6.45, 7) is 3.54. The first-order valence-corrected chi connectivity index (χ1v) is 8.38. The molecule has 0 fully saturated rings. The molecule has 0 saturated carbocycles. The van der Waals surface area contributed by atoms with E-state index in [1.165, 1.54) is 25.1 Å². The van der Waals surface area contributed by atoms with Crippen molar-refractivity contribution in [3.8, 4) is 0 Å². The van der Waals surface area contributed by atoms with E-state index >= 15 is 0 Å². The van der Waals surface area contributed by atoms with Crippen LogP contribution < -0.4 is 21.3 Å². The predicted octanol–water partition coefficient (Wildman–Crippen LogP) is 2.58. The summed E-state index contributed by atoms with van der Waals surface area (Å²) in [4.78, 5) is 35.0. The van der Waals surface area contributed by atoms with Crippen LogP contribution in [0.5, 0.6) is 0 Å². The number of nitrogens with one attached hydrogen (secondary N) is 4. The molecule has 0 aliphatic rings. The van der Waals surface area contributed by atoms with Crippen LogP contribution in [0.1, 0.15) is 24.2 Å². The summed E-state index contributed by atoms with van der Waals surface area (Å²) in [5.74, 6) is -1.52. The van der Waals surface area contributed by atoms with Crippen molar-refractivity contribution in [1.82, 2.24) is 5.32 Å². The standard InChI is InChI=1S/C19H21FN4O3/c1-3-21-19(27)13-5-4-6-15(9-13)24-18(26)11-22-14-7-8-16(20)17(10-14)23-12(2)25/h4-10,22H,3,11H2,1-2H3,(H,21,27)(H,23,25)(H,24,26). The van der Waals surface area contributed by atoms with Gasteiger partial charge in [0.15, 0.2) is 0 Å². The van der Waals surface area contributed by atoms with Crippen molar-refractivity contribution in [1.29, 1.82) is 0 Å². The molecule has 0 unspecified atom stereocenters. The average molecular weight is 372 g/mol. The minimum absolute atomic E-state index is 0.0301. The van der Waals surface area contributed by atoms with E-state index in [0.29, 0.717) is 23.5 Å².